The molecule has 138 valence electrons. The van der Waals surface area contributed by atoms with Crippen LogP contribution in [0.2, 0.25) is 0 Å². The van der Waals surface area contributed by atoms with Gasteiger partial charge in [-0.2, -0.15) is 9.78 Å². The summed E-state index contributed by atoms with van der Waals surface area (Å²) in [7, 11) is 3.54. The second kappa shape index (κ2) is 8.54. The Bertz CT molecular complexity index is 847. The van der Waals surface area contributed by atoms with Gasteiger partial charge >= 0.3 is 0 Å². The second-order valence-corrected chi connectivity index (χ2v) is 5.68. The van der Waals surface area contributed by atoms with Gasteiger partial charge in [0.05, 0.1) is 17.9 Å². The van der Waals surface area contributed by atoms with E-state index in [4.69, 9.17) is 0 Å². The van der Waals surface area contributed by atoms with Crippen LogP contribution in [0.1, 0.15) is 30.4 Å². The van der Waals surface area contributed by atoms with Crippen molar-refractivity contribution in [3.8, 4) is 5.69 Å². The van der Waals surface area contributed by atoms with Crippen LogP contribution in [0.3, 0.4) is 0 Å². The lowest BCUT2D eigenvalue weighted by Crippen LogP contribution is -2.38. The minimum absolute atomic E-state index is 0. The van der Waals surface area contributed by atoms with E-state index in [-0.39, 0.29) is 24.4 Å². The highest BCUT2D eigenvalue weighted by molar-refractivity contribution is 5.85. The lowest BCUT2D eigenvalue weighted by atomic mass is 10.1. The number of rotatable bonds is 6. The number of carbonyl (C=O) groups is 1. The Hall–Kier alpha value is -2.78. The molecule has 3 rings (SSSR count). The summed E-state index contributed by atoms with van der Waals surface area (Å²) in [6, 6.07) is 8.67. The van der Waals surface area contributed by atoms with Gasteiger partial charge in [0.2, 0.25) is 5.91 Å². The van der Waals surface area contributed by atoms with E-state index in [1.165, 1.54) is 0 Å². The molecule has 0 saturated heterocycles. The molecule has 1 amide bonds. The molecule has 0 aliphatic carbocycles. The summed E-state index contributed by atoms with van der Waals surface area (Å²) in [4.78, 5) is 12.6. The predicted molar refractivity (Wildman–Crippen MR) is 98.0 cm³/mol. The average Bonchev–Trinajstić information content (AvgIpc) is 3.25. The van der Waals surface area contributed by atoms with E-state index >= 15 is 0 Å². The lowest BCUT2D eigenvalue weighted by molar-refractivity contribution is -0.123. The van der Waals surface area contributed by atoms with Crippen molar-refractivity contribution < 1.29 is 4.79 Å². The third kappa shape index (κ3) is 4.06. The average molecular weight is 377 g/mol. The van der Waals surface area contributed by atoms with E-state index in [0.29, 0.717) is 5.82 Å². The molecule has 2 aromatic heterocycles. The van der Waals surface area contributed by atoms with Gasteiger partial charge in [0.1, 0.15) is 6.04 Å². The molecule has 0 radical (unpaired) electrons. The fourth-order valence-corrected chi connectivity index (χ4v) is 2.62. The minimum atomic E-state index is -0.503. The summed E-state index contributed by atoms with van der Waals surface area (Å²) in [5.74, 6) is 0.381. The number of halogens is 1. The van der Waals surface area contributed by atoms with Crippen molar-refractivity contribution in [3.05, 3.63) is 54.1 Å². The van der Waals surface area contributed by atoms with Gasteiger partial charge in [-0.1, -0.05) is 18.2 Å². The molecule has 3 aromatic rings. The third-order valence-electron chi connectivity index (χ3n) is 3.85. The van der Waals surface area contributed by atoms with E-state index < -0.39 is 6.04 Å². The number of likely N-dealkylation sites (N-methyl/N-ethyl adjacent to an activating group) is 1. The van der Waals surface area contributed by atoms with Gasteiger partial charge in [0.15, 0.2) is 5.82 Å². The second-order valence-electron chi connectivity index (χ2n) is 5.68. The molecule has 10 heteroatoms. The molecular formula is C16H21ClN8O. The van der Waals surface area contributed by atoms with Crippen LogP contribution in [-0.2, 0) is 11.8 Å². The first-order chi connectivity index (χ1) is 12.1. The number of nitrogens with zero attached hydrogens (tertiary/aromatic N) is 6. The van der Waals surface area contributed by atoms with Gasteiger partial charge in [-0.05, 0) is 36.5 Å². The molecule has 0 spiro atoms. The van der Waals surface area contributed by atoms with Gasteiger partial charge in [-0.3, -0.25) is 9.48 Å². The SMILES string of the molecule is CNC(C(=O)NC(C)c1nnnn1-c1ccccc1)c1cnn(C)c1.Cl. The monoisotopic (exact) mass is 376 g/mol. The Morgan fingerprint density at radius 1 is 1.23 bits per heavy atom. The van der Waals surface area contributed by atoms with Crippen LogP contribution in [0, 0.1) is 0 Å². The van der Waals surface area contributed by atoms with Crippen molar-refractivity contribution in [1.29, 1.82) is 0 Å². The Morgan fingerprint density at radius 3 is 2.58 bits per heavy atom. The molecule has 0 aliphatic rings. The number of para-hydroxylation sites is 1. The van der Waals surface area contributed by atoms with Crippen molar-refractivity contribution >= 4 is 18.3 Å². The highest BCUT2D eigenvalue weighted by Crippen LogP contribution is 2.16. The summed E-state index contributed by atoms with van der Waals surface area (Å²) in [5.41, 5.74) is 1.62. The van der Waals surface area contributed by atoms with Crippen molar-refractivity contribution in [1.82, 2.24) is 40.6 Å². The van der Waals surface area contributed by atoms with Gasteiger partial charge in [-0.25, -0.2) is 0 Å². The summed E-state index contributed by atoms with van der Waals surface area (Å²) < 4.78 is 3.27. The first-order valence-corrected chi connectivity index (χ1v) is 7.90. The molecule has 1 aromatic carbocycles. The van der Waals surface area contributed by atoms with Gasteiger partial charge in [0.25, 0.3) is 0 Å². The maximum atomic E-state index is 12.6. The maximum absolute atomic E-state index is 12.6. The zero-order valence-corrected chi connectivity index (χ0v) is 15.5. The van der Waals surface area contributed by atoms with Crippen LogP contribution in [0.5, 0.6) is 0 Å². The number of hydrogen-bond acceptors (Lipinski definition) is 6. The summed E-state index contributed by atoms with van der Waals surface area (Å²) >= 11 is 0. The predicted octanol–water partition coefficient (Wildman–Crippen LogP) is 0.956. The molecular weight excluding hydrogens is 356 g/mol. The number of benzene rings is 1. The first kappa shape index (κ1) is 19.5. The lowest BCUT2D eigenvalue weighted by Gasteiger charge is -2.18. The van der Waals surface area contributed by atoms with Crippen molar-refractivity contribution in [2.45, 2.75) is 19.0 Å². The molecule has 0 aliphatic heterocycles. The van der Waals surface area contributed by atoms with Crippen molar-refractivity contribution in [2.24, 2.45) is 7.05 Å². The molecule has 2 N–H and O–H groups in total. The number of aryl methyl sites for hydroxylation is 1. The standard InChI is InChI=1S/C16H20N8O.ClH/c1-11(15-20-21-22-24(15)13-7-5-4-6-8-13)19-16(25)14(17-2)12-9-18-23(3)10-12;/h4-11,14,17H,1-3H3,(H,19,25);1H. The minimum Gasteiger partial charge on any atom is -0.345 e. The molecule has 9 nitrogen and oxygen atoms in total. The molecule has 26 heavy (non-hydrogen) atoms. The van der Waals surface area contributed by atoms with Crippen LogP contribution < -0.4 is 10.6 Å². The van der Waals surface area contributed by atoms with Crippen LogP contribution in [0.15, 0.2) is 42.7 Å². The number of tetrazole rings is 1. The normalized spacial score (nSPS) is 12.9. The maximum Gasteiger partial charge on any atom is 0.242 e. The van der Waals surface area contributed by atoms with E-state index in [1.807, 2.05) is 44.3 Å². The molecule has 2 atom stereocenters. The van der Waals surface area contributed by atoms with Crippen LogP contribution in [0.4, 0.5) is 0 Å². The highest BCUT2D eigenvalue weighted by Gasteiger charge is 2.24. The number of aromatic nitrogens is 6. The first-order valence-electron chi connectivity index (χ1n) is 7.90. The molecule has 2 heterocycles. The third-order valence-corrected chi connectivity index (χ3v) is 3.85. The van der Waals surface area contributed by atoms with Crippen molar-refractivity contribution in [3.63, 3.8) is 0 Å². The van der Waals surface area contributed by atoms with E-state index in [9.17, 15) is 4.79 Å². The highest BCUT2D eigenvalue weighted by atomic mass is 35.5. The van der Waals surface area contributed by atoms with Crippen LogP contribution in [-0.4, -0.2) is 42.9 Å². The fourth-order valence-electron chi connectivity index (χ4n) is 2.62. The molecule has 0 bridgehead atoms. The Kier molecular flexibility index (Phi) is 6.42. The van der Waals surface area contributed by atoms with E-state index in [2.05, 4.69) is 31.3 Å². The van der Waals surface area contributed by atoms with Crippen molar-refractivity contribution in [2.75, 3.05) is 7.05 Å². The van der Waals surface area contributed by atoms with Gasteiger partial charge < -0.3 is 10.6 Å². The van der Waals surface area contributed by atoms with E-state index in [0.717, 1.165) is 11.3 Å². The summed E-state index contributed by atoms with van der Waals surface area (Å²) in [5, 5.41) is 21.9. The molecule has 2 unspecified atom stereocenters. The van der Waals surface area contributed by atoms with Gasteiger partial charge in [-0.15, -0.1) is 17.5 Å². The zero-order valence-electron chi connectivity index (χ0n) is 14.7. The van der Waals surface area contributed by atoms with Crippen LogP contribution in [0.25, 0.3) is 5.69 Å². The largest absolute Gasteiger partial charge is 0.345 e. The van der Waals surface area contributed by atoms with Crippen LogP contribution >= 0.6 is 12.4 Å². The zero-order chi connectivity index (χ0) is 17.8. The fraction of sp³-hybridized carbons (Fsp3) is 0.312. The number of amides is 1. The van der Waals surface area contributed by atoms with E-state index in [1.54, 1.807) is 28.8 Å². The Labute approximate surface area is 157 Å². The smallest absolute Gasteiger partial charge is 0.242 e. The number of hydrogen-bond donors (Lipinski definition) is 2. The number of carbonyl (C=O) groups excluding carboxylic acids is 1. The Morgan fingerprint density at radius 2 is 1.96 bits per heavy atom. The summed E-state index contributed by atoms with van der Waals surface area (Å²) in [6.45, 7) is 1.85. The van der Waals surface area contributed by atoms with Gasteiger partial charge in [0, 0.05) is 18.8 Å². The summed E-state index contributed by atoms with van der Waals surface area (Å²) in [6.07, 6.45) is 3.47. The molecule has 0 fully saturated rings. The Balaban J connectivity index is 0.00000243. The number of nitrogens with one attached hydrogen (secondary N) is 2. The quantitative estimate of drug-likeness (QED) is 0.664. The topological polar surface area (TPSA) is 103 Å². The molecule has 0 saturated carbocycles.